The normalized spacial score (nSPS) is 14.9. The molecule has 1 fully saturated rings. The number of carbonyl (C=O) groups is 1. The number of rotatable bonds is 8. The molecule has 0 saturated carbocycles. The SMILES string of the molecule is CC(Sc1nnc(N2CCCCC2)n1-c1ccccc1)C(=O)NCCc1ccccc1. The Kier molecular flexibility index (Phi) is 7.25. The molecule has 1 amide bonds. The van der Waals surface area contributed by atoms with Gasteiger partial charge in [-0.15, -0.1) is 10.2 Å². The molecule has 0 spiro atoms. The van der Waals surface area contributed by atoms with E-state index in [4.69, 9.17) is 0 Å². The van der Waals surface area contributed by atoms with Crippen molar-refractivity contribution in [2.45, 2.75) is 43.0 Å². The van der Waals surface area contributed by atoms with Crippen molar-refractivity contribution in [3.8, 4) is 5.69 Å². The highest BCUT2D eigenvalue weighted by molar-refractivity contribution is 8.00. The average Bonchev–Trinajstić information content (AvgIpc) is 3.24. The summed E-state index contributed by atoms with van der Waals surface area (Å²) in [7, 11) is 0. The number of aromatic nitrogens is 3. The minimum absolute atomic E-state index is 0.0167. The first kappa shape index (κ1) is 21.4. The second kappa shape index (κ2) is 10.5. The van der Waals surface area contributed by atoms with E-state index in [2.05, 4.69) is 49.2 Å². The predicted molar refractivity (Wildman–Crippen MR) is 126 cm³/mol. The second-order valence-electron chi connectivity index (χ2n) is 7.79. The molecule has 0 aliphatic carbocycles. The third-order valence-corrected chi connectivity index (χ3v) is 6.52. The maximum atomic E-state index is 12.7. The van der Waals surface area contributed by atoms with Gasteiger partial charge in [-0.1, -0.05) is 60.3 Å². The van der Waals surface area contributed by atoms with E-state index in [9.17, 15) is 4.79 Å². The molecular weight excluding hydrogens is 406 g/mol. The molecule has 1 atom stereocenters. The van der Waals surface area contributed by atoms with E-state index in [0.29, 0.717) is 6.54 Å². The van der Waals surface area contributed by atoms with Crippen molar-refractivity contribution in [1.29, 1.82) is 0 Å². The zero-order valence-corrected chi connectivity index (χ0v) is 18.7. The number of nitrogens with zero attached hydrogens (tertiary/aromatic N) is 4. The van der Waals surface area contributed by atoms with E-state index < -0.39 is 0 Å². The Hall–Kier alpha value is -2.80. The summed E-state index contributed by atoms with van der Waals surface area (Å²) in [5.41, 5.74) is 2.24. The molecule has 0 radical (unpaired) electrons. The van der Waals surface area contributed by atoms with Gasteiger partial charge in [-0.3, -0.25) is 9.36 Å². The lowest BCUT2D eigenvalue weighted by molar-refractivity contribution is -0.120. The number of thioether (sulfide) groups is 1. The van der Waals surface area contributed by atoms with Gasteiger partial charge in [-0.25, -0.2) is 0 Å². The van der Waals surface area contributed by atoms with Crippen LogP contribution in [0.2, 0.25) is 0 Å². The summed E-state index contributed by atoms with van der Waals surface area (Å²) in [6.07, 6.45) is 4.43. The number of nitrogens with one attached hydrogen (secondary N) is 1. The van der Waals surface area contributed by atoms with Crippen LogP contribution < -0.4 is 10.2 Å². The Morgan fingerprint density at radius 3 is 2.39 bits per heavy atom. The van der Waals surface area contributed by atoms with E-state index >= 15 is 0 Å². The van der Waals surface area contributed by atoms with E-state index in [1.807, 2.05) is 43.3 Å². The highest BCUT2D eigenvalue weighted by Crippen LogP contribution is 2.30. The van der Waals surface area contributed by atoms with Crippen LogP contribution in [0.4, 0.5) is 5.95 Å². The van der Waals surface area contributed by atoms with Crippen LogP contribution in [0.25, 0.3) is 5.69 Å². The van der Waals surface area contributed by atoms with Gasteiger partial charge in [0.2, 0.25) is 11.9 Å². The molecule has 1 aliphatic heterocycles. The van der Waals surface area contributed by atoms with Crippen LogP contribution in [0.15, 0.2) is 65.8 Å². The zero-order chi connectivity index (χ0) is 21.5. The summed E-state index contributed by atoms with van der Waals surface area (Å²) in [6.45, 7) is 4.53. The Balaban J connectivity index is 1.45. The molecule has 1 saturated heterocycles. The van der Waals surface area contributed by atoms with Gasteiger partial charge in [0.15, 0.2) is 5.16 Å². The second-order valence-corrected chi connectivity index (χ2v) is 9.10. The number of anilines is 1. The first-order chi connectivity index (χ1) is 15.2. The summed E-state index contributed by atoms with van der Waals surface area (Å²) in [5.74, 6) is 0.883. The van der Waals surface area contributed by atoms with Crippen LogP contribution in [0.3, 0.4) is 0 Å². The summed E-state index contributed by atoms with van der Waals surface area (Å²) in [5, 5.41) is 12.5. The molecule has 0 bridgehead atoms. The Morgan fingerprint density at radius 2 is 1.68 bits per heavy atom. The Morgan fingerprint density at radius 1 is 1.00 bits per heavy atom. The molecule has 1 aromatic heterocycles. The van der Waals surface area contributed by atoms with Crippen molar-refractivity contribution < 1.29 is 4.79 Å². The molecule has 31 heavy (non-hydrogen) atoms. The molecule has 7 heteroatoms. The first-order valence-electron chi connectivity index (χ1n) is 11.0. The van der Waals surface area contributed by atoms with Crippen LogP contribution >= 0.6 is 11.8 Å². The Bertz CT molecular complexity index is 970. The Labute approximate surface area is 188 Å². The molecule has 6 nitrogen and oxygen atoms in total. The summed E-state index contributed by atoms with van der Waals surface area (Å²) < 4.78 is 2.09. The number of carbonyl (C=O) groups excluding carboxylic acids is 1. The standard InChI is InChI=1S/C24H29N5OS/c1-19(22(30)25-16-15-20-11-5-2-6-12-20)31-24-27-26-23(28-17-9-4-10-18-28)29(24)21-13-7-3-8-14-21/h2-3,5-8,11-14,19H,4,9-10,15-18H2,1H3,(H,25,30). The third-order valence-electron chi connectivity index (χ3n) is 5.48. The minimum atomic E-state index is -0.267. The van der Waals surface area contributed by atoms with E-state index in [1.165, 1.54) is 36.6 Å². The molecule has 2 aromatic carbocycles. The van der Waals surface area contributed by atoms with Crippen LogP contribution in [0.1, 0.15) is 31.7 Å². The van der Waals surface area contributed by atoms with Crippen molar-refractivity contribution in [2.24, 2.45) is 0 Å². The van der Waals surface area contributed by atoms with Gasteiger partial charge in [0, 0.05) is 19.6 Å². The zero-order valence-electron chi connectivity index (χ0n) is 17.9. The number of benzene rings is 2. The highest BCUT2D eigenvalue weighted by Gasteiger charge is 2.24. The van der Waals surface area contributed by atoms with Crippen molar-refractivity contribution in [3.05, 3.63) is 66.2 Å². The molecule has 4 rings (SSSR count). The first-order valence-corrected chi connectivity index (χ1v) is 11.8. The fourth-order valence-corrected chi connectivity index (χ4v) is 4.66. The van der Waals surface area contributed by atoms with Gasteiger partial charge in [-0.05, 0) is 50.3 Å². The van der Waals surface area contributed by atoms with Gasteiger partial charge in [0.25, 0.3) is 0 Å². The predicted octanol–water partition coefficient (Wildman–Crippen LogP) is 4.10. The van der Waals surface area contributed by atoms with E-state index in [0.717, 1.165) is 36.3 Å². The molecular formula is C24H29N5OS. The quantitative estimate of drug-likeness (QED) is 0.540. The summed E-state index contributed by atoms with van der Waals surface area (Å²) in [6, 6.07) is 20.4. The highest BCUT2D eigenvalue weighted by atomic mass is 32.2. The number of amides is 1. The topological polar surface area (TPSA) is 63.1 Å². The number of piperidine rings is 1. The summed E-state index contributed by atoms with van der Waals surface area (Å²) >= 11 is 1.45. The van der Waals surface area contributed by atoms with Crippen LogP contribution in [0, 0.1) is 0 Å². The summed E-state index contributed by atoms with van der Waals surface area (Å²) in [4.78, 5) is 15.0. The van der Waals surface area contributed by atoms with E-state index in [-0.39, 0.29) is 11.2 Å². The van der Waals surface area contributed by atoms with Crippen LogP contribution in [0.5, 0.6) is 0 Å². The molecule has 2 heterocycles. The maximum absolute atomic E-state index is 12.7. The van der Waals surface area contributed by atoms with Crippen molar-refractivity contribution in [2.75, 3.05) is 24.5 Å². The van der Waals surface area contributed by atoms with Crippen molar-refractivity contribution >= 4 is 23.6 Å². The lowest BCUT2D eigenvalue weighted by Gasteiger charge is -2.28. The van der Waals surface area contributed by atoms with Gasteiger partial charge < -0.3 is 10.2 Å². The third kappa shape index (κ3) is 5.47. The van der Waals surface area contributed by atoms with Crippen molar-refractivity contribution in [3.63, 3.8) is 0 Å². The van der Waals surface area contributed by atoms with Crippen LogP contribution in [-0.4, -0.2) is 45.6 Å². The van der Waals surface area contributed by atoms with Gasteiger partial charge in [0.05, 0.1) is 10.9 Å². The fraction of sp³-hybridized carbons (Fsp3) is 0.375. The van der Waals surface area contributed by atoms with E-state index in [1.54, 1.807) is 0 Å². The molecule has 1 aliphatic rings. The largest absolute Gasteiger partial charge is 0.355 e. The average molecular weight is 436 g/mol. The molecule has 1 N–H and O–H groups in total. The molecule has 162 valence electrons. The number of hydrogen-bond acceptors (Lipinski definition) is 5. The fourth-order valence-electron chi connectivity index (χ4n) is 3.77. The van der Waals surface area contributed by atoms with Crippen LogP contribution in [-0.2, 0) is 11.2 Å². The van der Waals surface area contributed by atoms with Gasteiger partial charge >= 0.3 is 0 Å². The molecule has 1 unspecified atom stereocenters. The maximum Gasteiger partial charge on any atom is 0.233 e. The van der Waals surface area contributed by atoms with Gasteiger partial charge in [0.1, 0.15) is 0 Å². The smallest absolute Gasteiger partial charge is 0.233 e. The lowest BCUT2D eigenvalue weighted by atomic mass is 10.1. The minimum Gasteiger partial charge on any atom is -0.355 e. The van der Waals surface area contributed by atoms with Gasteiger partial charge in [-0.2, -0.15) is 0 Å². The lowest BCUT2D eigenvalue weighted by Crippen LogP contribution is -2.33. The van der Waals surface area contributed by atoms with Crippen molar-refractivity contribution in [1.82, 2.24) is 20.1 Å². The number of hydrogen-bond donors (Lipinski definition) is 1. The molecule has 3 aromatic rings. The monoisotopic (exact) mass is 435 g/mol. The number of para-hydroxylation sites is 1.